The van der Waals surface area contributed by atoms with Gasteiger partial charge in [0.25, 0.3) is 0 Å². The number of rotatable bonds is 2. The molecule has 0 saturated heterocycles. The van der Waals surface area contributed by atoms with Crippen LogP contribution in [0.3, 0.4) is 0 Å². The minimum atomic E-state index is -1.06. The van der Waals surface area contributed by atoms with Crippen LogP contribution in [0.1, 0.15) is 18.8 Å². The van der Waals surface area contributed by atoms with Gasteiger partial charge in [0.05, 0.1) is 13.4 Å². The first kappa shape index (κ1) is 9.76. The van der Waals surface area contributed by atoms with Crippen molar-refractivity contribution in [2.45, 2.75) is 18.6 Å². The Balaban J connectivity index is 2.32. The number of esters is 1. The second-order valence-electron chi connectivity index (χ2n) is 3.41. The van der Waals surface area contributed by atoms with Crippen molar-refractivity contribution < 1.29 is 18.7 Å². The summed E-state index contributed by atoms with van der Waals surface area (Å²) in [6.07, 6.45) is 2.22. The van der Waals surface area contributed by atoms with E-state index in [2.05, 4.69) is 4.99 Å². The van der Waals surface area contributed by atoms with E-state index < -0.39 is 17.6 Å². The fourth-order valence-corrected chi connectivity index (χ4v) is 1.55. The lowest BCUT2D eigenvalue weighted by molar-refractivity contribution is -0.149. The van der Waals surface area contributed by atoms with Crippen LogP contribution in [0.15, 0.2) is 27.8 Å². The Hall–Kier alpha value is -1.78. The number of furan rings is 1. The number of hydrogen-bond donors (Lipinski definition) is 0. The Morgan fingerprint density at radius 3 is 3.07 bits per heavy atom. The van der Waals surface area contributed by atoms with Gasteiger partial charge in [-0.1, -0.05) is 0 Å². The van der Waals surface area contributed by atoms with Crippen molar-refractivity contribution in [3.63, 3.8) is 0 Å². The summed E-state index contributed by atoms with van der Waals surface area (Å²) in [7, 11) is 1.32. The first-order valence-corrected chi connectivity index (χ1v) is 4.49. The Bertz CT molecular complexity index is 384. The molecular formula is C10H11NO4. The van der Waals surface area contributed by atoms with Crippen LogP contribution in [-0.2, 0) is 14.3 Å². The maximum absolute atomic E-state index is 11.6. The molecule has 0 unspecified atom stereocenters. The molecule has 15 heavy (non-hydrogen) atoms. The van der Waals surface area contributed by atoms with Crippen molar-refractivity contribution in [1.82, 2.24) is 0 Å². The van der Waals surface area contributed by atoms with Crippen molar-refractivity contribution >= 4 is 12.4 Å². The molecule has 0 amide bonds. The molecule has 0 aliphatic carbocycles. The van der Waals surface area contributed by atoms with Crippen LogP contribution >= 0.6 is 0 Å². The topological polar surface area (TPSA) is 61.0 Å². The van der Waals surface area contributed by atoms with E-state index in [1.165, 1.54) is 19.8 Å². The van der Waals surface area contributed by atoms with E-state index in [0.29, 0.717) is 5.76 Å². The number of methoxy groups -OCH3 is 1. The lowest BCUT2D eigenvalue weighted by Crippen LogP contribution is -2.38. The Morgan fingerprint density at radius 2 is 2.47 bits per heavy atom. The fraction of sp³-hybridized carbons (Fsp3) is 0.400. The molecule has 0 aromatic carbocycles. The second-order valence-corrected chi connectivity index (χ2v) is 3.41. The molecule has 2 rings (SSSR count). The molecule has 0 bridgehead atoms. The van der Waals surface area contributed by atoms with E-state index in [4.69, 9.17) is 13.9 Å². The molecule has 1 aliphatic heterocycles. The van der Waals surface area contributed by atoms with Gasteiger partial charge in [0.2, 0.25) is 5.54 Å². The Morgan fingerprint density at radius 1 is 1.67 bits per heavy atom. The van der Waals surface area contributed by atoms with E-state index in [0.717, 1.165) is 0 Å². The van der Waals surface area contributed by atoms with Gasteiger partial charge in [-0.3, -0.25) is 0 Å². The highest BCUT2D eigenvalue weighted by Gasteiger charge is 2.49. The summed E-state index contributed by atoms with van der Waals surface area (Å²) in [5.41, 5.74) is -1.06. The fourth-order valence-electron chi connectivity index (χ4n) is 1.55. The quantitative estimate of drug-likeness (QED) is 0.689. The highest BCUT2D eigenvalue weighted by atomic mass is 16.5. The van der Waals surface area contributed by atoms with Gasteiger partial charge in [0.15, 0.2) is 12.5 Å². The van der Waals surface area contributed by atoms with Gasteiger partial charge in [0, 0.05) is 0 Å². The molecule has 0 saturated carbocycles. The number of aliphatic imine (C=N–C) groups is 1. The average Bonchev–Trinajstić information content (AvgIpc) is 2.85. The van der Waals surface area contributed by atoms with Crippen LogP contribution < -0.4 is 0 Å². The Kier molecular flexibility index (Phi) is 2.22. The highest BCUT2D eigenvalue weighted by molar-refractivity contribution is 5.84. The van der Waals surface area contributed by atoms with E-state index in [-0.39, 0.29) is 0 Å². The summed E-state index contributed by atoms with van der Waals surface area (Å²) < 4.78 is 15.1. The van der Waals surface area contributed by atoms with Crippen LogP contribution in [0.2, 0.25) is 0 Å². The summed E-state index contributed by atoms with van der Waals surface area (Å²) >= 11 is 0. The number of nitrogens with zero attached hydrogens (tertiary/aromatic N) is 1. The minimum Gasteiger partial charge on any atom is -0.469 e. The zero-order chi connectivity index (χ0) is 10.9. The monoisotopic (exact) mass is 209 g/mol. The zero-order valence-electron chi connectivity index (χ0n) is 8.47. The van der Waals surface area contributed by atoms with Crippen molar-refractivity contribution in [3.05, 3.63) is 24.2 Å². The van der Waals surface area contributed by atoms with Crippen molar-refractivity contribution in [1.29, 1.82) is 0 Å². The molecule has 0 radical (unpaired) electrons. The van der Waals surface area contributed by atoms with Crippen molar-refractivity contribution in [3.8, 4) is 0 Å². The standard InChI is InChI=1S/C10H11NO4/c1-10(9(12)13-2)8(15-6-11-10)7-4-3-5-14-7/h3-6,8H,1-2H3/t8-,10-/m1/s1. The average molecular weight is 209 g/mol. The third-order valence-electron chi connectivity index (χ3n) is 2.43. The minimum absolute atomic E-state index is 0.447. The largest absolute Gasteiger partial charge is 0.469 e. The predicted octanol–water partition coefficient (Wildman–Crippen LogP) is 1.31. The maximum Gasteiger partial charge on any atom is 0.337 e. The molecule has 2 atom stereocenters. The predicted molar refractivity (Wildman–Crippen MR) is 51.4 cm³/mol. The van der Waals surface area contributed by atoms with E-state index in [9.17, 15) is 4.79 Å². The van der Waals surface area contributed by atoms with Gasteiger partial charge in [0.1, 0.15) is 5.76 Å². The highest BCUT2D eigenvalue weighted by Crippen LogP contribution is 2.37. The van der Waals surface area contributed by atoms with E-state index in [1.807, 2.05) is 0 Å². The van der Waals surface area contributed by atoms with Gasteiger partial charge in [-0.25, -0.2) is 9.79 Å². The molecule has 5 heteroatoms. The number of hydrogen-bond acceptors (Lipinski definition) is 5. The number of carbonyl (C=O) groups is 1. The summed E-state index contributed by atoms with van der Waals surface area (Å²) in [5, 5.41) is 0. The van der Waals surface area contributed by atoms with Gasteiger partial charge in [-0.15, -0.1) is 0 Å². The van der Waals surface area contributed by atoms with E-state index >= 15 is 0 Å². The van der Waals surface area contributed by atoms with Gasteiger partial charge < -0.3 is 13.9 Å². The molecule has 0 N–H and O–H groups in total. The van der Waals surface area contributed by atoms with Crippen LogP contribution in [0.5, 0.6) is 0 Å². The first-order chi connectivity index (χ1) is 7.18. The maximum atomic E-state index is 11.6. The molecule has 1 aromatic heterocycles. The molecule has 1 aliphatic rings. The lowest BCUT2D eigenvalue weighted by atomic mass is 9.94. The summed E-state index contributed by atoms with van der Waals surface area (Å²) in [6, 6.07) is 3.47. The van der Waals surface area contributed by atoms with Gasteiger partial charge >= 0.3 is 5.97 Å². The molecule has 0 fully saturated rings. The molecule has 5 nitrogen and oxygen atoms in total. The molecule has 0 spiro atoms. The van der Waals surface area contributed by atoms with Crippen LogP contribution in [-0.4, -0.2) is 25.0 Å². The van der Waals surface area contributed by atoms with Crippen LogP contribution in [0.4, 0.5) is 0 Å². The number of ether oxygens (including phenoxy) is 2. The summed E-state index contributed by atoms with van der Waals surface area (Å²) in [6.45, 7) is 1.65. The Labute approximate surface area is 86.7 Å². The normalized spacial score (nSPS) is 28.8. The SMILES string of the molecule is COC(=O)[C@]1(C)N=CO[C@@H]1c1ccco1. The van der Waals surface area contributed by atoms with Gasteiger partial charge in [-0.2, -0.15) is 0 Å². The number of carbonyl (C=O) groups excluding carboxylic acids is 1. The molecule has 1 aromatic rings. The van der Waals surface area contributed by atoms with Crippen LogP contribution in [0.25, 0.3) is 0 Å². The van der Waals surface area contributed by atoms with E-state index in [1.54, 1.807) is 19.1 Å². The third kappa shape index (κ3) is 1.40. The summed E-state index contributed by atoms with van der Waals surface area (Å²) in [5.74, 6) is 0.109. The van der Waals surface area contributed by atoms with Gasteiger partial charge in [-0.05, 0) is 19.1 Å². The molecular weight excluding hydrogens is 198 g/mol. The molecule has 80 valence electrons. The summed E-state index contributed by atoms with van der Waals surface area (Å²) in [4.78, 5) is 15.6. The third-order valence-corrected chi connectivity index (χ3v) is 2.43. The smallest absolute Gasteiger partial charge is 0.337 e. The van der Waals surface area contributed by atoms with Crippen molar-refractivity contribution in [2.75, 3.05) is 7.11 Å². The molecule has 2 heterocycles. The first-order valence-electron chi connectivity index (χ1n) is 4.49. The van der Waals surface area contributed by atoms with Crippen molar-refractivity contribution in [2.24, 2.45) is 4.99 Å². The van der Waals surface area contributed by atoms with Crippen LogP contribution in [0, 0.1) is 0 Å². The zero-order valence-corrected chi connectivity index (χ0v) is 8.47. The lowest BCUT2D eigenvalue weighted by Gasteiger charge is -2.22. The second kappa shape index (κ2) is 3.42.